The highest BCUT2D eigenvalue weighted by Gasteiger charge is 2.24. The largest absolute Gasteiger partial charge is 0.493 e. The van der Waals surface area contributed by atoms with E-state index in [0.717, 1.165) is 16.3 Å². The van der Waals surface area contributed by atoms with Gasteiger partial charge >= 0.3 is 0 Å². The Labute approximate surface area is 111 Å². The molecule has 0 saturated carbocycles. The average Bonchev–Trinajstić information content (AvgIpc) is 2.99. The number of nitrogens with one attached hydrogen (secondary N) is 1. The van der Waals surface area contributed by atoms with Gasteiger partial charge in [0.05, 0.1) is 24.9 Å². The highest BCUT2D eigenvalue weighted by molar-refractivity contribution is 7.09. The molecule has 2 rings (SSSR count). The Morgan fingerprint density at radius 2 is 2.17 bits per heavy atom. The third-order valence-electron chi connectivity index (χ3n) is 2.81. The smallest absolute Gasteiger partial charge is 0.161 e. The molecule has 0 spiro atoms. The molecule has 0 aliphatic heterocycles. The van der Waals surface area contributed by atoms with Crippen LogP contribution in [0.2, 0.25) is 0 Å². The molecule has 2 aromatic rings. The molecule has 0 bridgehead atoms. The van der Waals surface area contributed by atoms with E-state index in [9.17, 15) is 0 Å². The van der Waals surface area contributed by atoms with Gasteiger partial charge < -0.3 is 10.1 Å². The average molecular weight is 266 g/mol. The Kier molecular flexibility index (Phi) is 3.98. The maximum absolute atomic E-state index is 5.42. The lowest BCUT2D eigenvalue weighted by Crippen LogP contribution is -2.22. The van der Waals surface area contributed by atoms with Crippen LogP contribution in [0.5, 0.6) is 5.75 Å². The number of methoxy groups -OCH3 is 1. The predicted molar refractivity (Wildman–Crippen MR) is 72.2 cm³/mol. The van der Waals surface area contributed by atoms with Crippen LogP contribution >= 0.6 is 11.3 Å². The van der Waals surface area contributed by atoms with E-state index in [1.165, 1.54) is 0 Å². The summed E-state index contributed by atoms with van der Waals surface area (Å²) in [7, 11) is 3.60. The first-order valence-electron chi connectivity index (χ1n) is 5.86. The first kappa shape index (κ1) is 13.0. The highest BCUT2D eigenvalue weighted by Crippen LogP contribution is 2.32. The Morgan fingerprint density at radius 3 is 2.67 bits per heavy atom. The van der Waals surface area contributed by atoms with Crippen LogP contribution in [0.25, 0.3) is 0 Å². The molecule has 18 heavy (non-hydrogen) atoms. The van der Waals surface area contributed by atoms with Crippen LogP contribution in [-0.2, 0) is 0 Å². The molecule has 1 atom stereocenters. The second-order valence-electron chi connectivity index (χ2n) is 4.26. The molecular formula is C12H18N4OS. The molecule has 0 amide bonds. The van der Waals surface area contributed by atoms with E-state index < -0.39 is 0 Å². The number of thiazole rings is 1. The van der Waals surface area contributed by atoms with Gasteiger partial charge in [-0.3, -0.25) is 9.67 Å². The molecule has 0 aromatic carbocycles. The predicted octanol–water partition coefficient (Wildman–Crippen LogP) is 2.24. The zero-order chi connectivity index (χ0) is 13.1. The van der Waals surface area contributed by atoms with Crippen molar-refractivity contribution in [2.24, 2.45) is 0 Å². The van der Waals surface area contributed by atoms with E-state index in [2.05, 4.69) is 29.2 Å². The minimum absolute atomic E-state index is 0.0531. The summed E-state index contributed by atoms with van der Waals surface area (Å²) < 4.78 is 7.40. The van der Waals surface area contributed by atoms with Crippen LogP contribution in [-0.4, -0.2) is 28.9 Å². The van der Waals surface area contributed by atoms with Crippen molar-refractivity contribution in [3.8, 4) is 5.75 Å². The van der Waals surface area contributed by atoms with Gasteiger partial charge in [0.1, 0.15) is 5.69 Å². The number of nitrogens with zero attached hydrogens (tertiary/aromatic N) is 3. The van der Waals surface area contributed by atoms with E-state index in [1.54, 1.807) is 24.6 Å². The normalized spacial score (nSPS) is 12.9. The summed E-state index contributed by atoms with van der Waals surface area (Å²) in [5, 5.41) is 7.71. The summed E-state index contributed by atoms with van der Waals surface area (Å²) in [5.74, 6) is 0.802. The van der Waals surface area contributed by atoms with Gasteiger partial charge in [-0.15, -0.1) is 11.3 Å². The second-order valence-corrected chi connectivity index (χ2v) is 5.18. The van der Waals surface area contributed by atoms with E-state index in [1.807, 2.05) is 23.4 Å². The summed E-state index contributed by atoms with van der Waals surface area (Å²) in [6, 6.07) is 0.338. The molecule has 0 radical (unpaired) electrons. The zero-order valence-electron chi connectivity index (χ0n) is 11.0. The van der Waals surface area contributed by atoms with Crippen molar-refractivity contribution in [3.05, 3.63) is 28.5 Å². The number of rotatable bonds is 5. The minimum Gasteiger partial charge on any atom is -0.493 e. The fraction of sp³-hybridized carbons (Fsp3) is 0.500. The SMILES string of the molecule is CNC(c1cncs1)c1c(OC)cnn1C(C)C. The standard InChI is InChI=1S/C12H18N4OS/c1-8(2)16-12(9(17-4)5-15-16)11(13-3)10-6-14-7-18-10/h5-8,11,13H,1-4H3. The topological polar surface area (TPSA) is 52.0 Å². The van der Waals surface area contributed by atoms with Crippen molar-refractivity contribution >= 4 is 11.3 Å². The van der Waals surface area contributed by atoms with E-state index >= 15 is 0 Å². The van der Waals surface area contributed by atoms with Crippen molar-refractivity contribution in [2.45, 2.75) is 25.9 Å². The van der Waals surface area contributed by atoms with Crippen LogP contribution in [0.15, 0.2) is 17.9 Å². The van der Waals surface area contributed by atoms with Gasteiger partial charge in [-0.1, -0.05) is 0 Å². The minimum atomic E-state index is 0.0531. The molecule has 2 heterocycles. The van der Waals surface area contributed by atoms with Crippen molar-refractivity contribution in [1.29, 1.82) is 0 Å². The first-order valence-corrected chi connectivity index (χ1v) is 6.74. The molecule has 0 aliphatic carbocycles. The van der Waals surface area contributed by atoms with Crippen LogP contribution in [0.4, 0.5) is 0 Å². The summed E-state index contributed by atoms with van der Waals surface area (Å²) in [4.78, 5) is 5.29. The molecule has 1 N–H and O–H groups in total. The molecule has 0 saturated heterocycles. The third kappa shape index (κ3) is 2.26. The lowest BCUT2D eigenvalue weighted by atomic mass is 10.1. The molecular weight excluding hydrogens is 248 g/mol. The van der Waals surface area contributed by atoms with Crippen molar-refractivity contribution < 1.29 is 4.74 Å². The Bertz CT molecular complexity index is 492. The molecule has 2 aromatic heterocycles. The Balaban J connectivity index is 2.50. The van der Waals surface area contributed by atoms with Crippen LogP contribution in [0.1, 0.15) is 36.5 Å². The van der Waals surface area contributed by atoms with Gasteiger partial charge in [0.15, 0.2) is 5.75 Å². The van der Waals surface area contributed by atoms with Gasteiger partial charge in [0.25, 0.3) is 0 Å². The van der Waals surface area contributed by atoms with Crippen LogP contribution in [0.3, 0.4) is 0 Å². The number of hydrogen-bond donors (Lipinski definition) is 1. The summed E-state index contributed by atoms with van der Waals surface area (Å²) in [6.07, 6.45) is 3.64. The molecule has 0 fully saturated rings. The van der Waals surface area contributed by atoms with Gasteiger partial charge in [0.2, 0.25) is 0 Å². The van der Waals surface area contributed by atoms with Crippen LogP contribution in [0, 0.1) is 0 Å². The maximum atomic E-state index is 5.42. The molecule has 98 valence electrons. The second kappa shape index (κ2) is 5.49. The summed E-state index contributed by atoms with van der Waals surface area (Å²) in [5.41, 5.74) is 2.88. The van der Waals surface area contributed by atoms with Crippen molar-refractivity contribution in [2.75, 3.05) is 14.2 Å². The molecule has 6 heteroatoms. The van der Waals surface area contributed by atoms with Crippen molar-refractivity contribution in [1.82, 2.24) is 20.1 Å². The highest BCUT2D eigenvalue weighted by atomic mass is 32.1. The number of ether oxygens (including phenoxy) is 1. The van der Waals surface area contributed by atoms with E-state index in [4.69, 9.17) is 4.74 Å². The number of aromatic nitrogens is 3. The Morgan fingerprint density at radius 1 is 1.39 bits per heavy atom. The van der Waals surface area contributed by atoms with E-state index in [0.29, 0.717) is 0 Å². The lowest BCUT2D eigenvalue weighted by Gasteiger charge is -2.19. The monoisotopic (exact) mass is 266 g/mol. The Hall–Kier alpha value is -1.40. The summed E-state index contributed by atoms with van der Waals surface area (Å²) in [6.45, 7) is 4.21. The fourth-order valence-corrected chi connectivity index (χ4v) is 2.71. The van der Waals surface area contributed by atoms with Gasteiger partial charge in [-0.2, -0.15) is 5.10 Å². The lowest BCUT2D eigenvalue weighted by molar-refractivity contribution is 0.397. The number of hydrogen-bond acceptors (Lipinski definition) is 5. The first-order chi connectivity index (χ1) is 8.69. The molecule has 1 unspecified atom stereocenters. The van der Waals surface area contributed by atoms with Gasteiger partial charge in [-0.05, 0) is 20.9 Å². The summed E-state index contributed by atoms with van der Waals surface area (Å²) >= 11 is 1.62. The quantitative estimate of drug-likeness (QED) is 0.901. The maximum Gasteiger partial charge on any atom is 0.161 e. The zero-order valence-corrected chi connectivity index (χ0v) is 11.9. The molecule has 5 nitrogen and oxygen atoms in total. The van der Waals surface area contributed by atoms with Crippen LogP contribution < -0.4 is 10.1 Å². The molecule has 0 aliphatic rings. The van der Waals surface area contributed by atoms with Gasteiger partial charge in [-0.25, -0.2) is 0 Å². The fourth-order valence-electron chi connectivity index (χ4n) is 1.98. The third-order valence-corrected chi connectivity index (χ3v) is 3.65. The van der Waals surface area contributed by atoms with Crippen molar-refractivity contribution in [3.63, 3.8) is 0 Å². The van der Waals surface area contributed by atoms with Gasteiger partial charge in [0, 0.05) is 17.1 Å². The van der Waals surface area contributed by atoms with E-state index in [-0.39, 0.29) is 12.1 Å².